The molecule has 1 aromatic heterocycles. The molecule has 45 heavy (non-hydrogen) atoms. The lowest BCUT2D eigenvalue weighted by molar-refractivity contribution is 0.0987. The number of benzene rings is 5. The third kappa shape index (κ3) is 5.34. The minimum atomic E-state index is -0.216. The largest absolute Gasteiger partial charge is 0.507 e. The number of halogens is 1. The molecule has 226 valence electrons. The van der Waals surface area contributed by atoms with E-state index >= 15 is 0 Å². The van der Waals surface area contributed by atoms with Gasteiger partial charge in [-0.2, -0.15) is 0 Å². The van der Waals surface area contributed by atoms with Crippen molar-refractivity contribution in [2.75, 3.05) is 28.9 Å². The van der Waals surface area contributed by atoms with Gasteiger partial charge >= 0.3 is 0 Å². The standard InChI is InChI=1S/C35H29N5O3.CH3Cl/c1-20-4-3-5-27-31(41)19-30-26(32(20)27)16-17-40(30)35(43)23-10-15-29-28(18-23)38-33(39(29)2)21-8-13-25(14-9-21)37-34(42)22-6-11-24(36)12-7-22;1-2/h3-15,18-19,41H,16-17,36H2,1-2H3,(H,37,42);1H3. The molecule has 5 aromatic carbocycles. The Hall–Kier alpha value is -5.34. The molecule has 0 radical (unpaired) electrons. The fourth-order valence-corrected chi connectivity index (χ4v) is 6.04. The Morgan fingerprint density at radius 2 is 1.64 bits per heavy atom. The lowest BCUT2D eigenvalue weighted by Gasteiger charge is -2.19. The number of alkyl halides is 1. The highest BCUT2D eigenvalue weighted by molar-refractivity contribution is 6.15. The molecule has 1 aliphatic rings. The van der Waals surface area contributed by atoms with Crippen molar-refractivity contribution in [1.82, 2.24) is 9.55 Å². The minimum absolute atomic E-state index is 0.124. The predicted octanol–water partition coefficient (Wildman–Crippen LogP) is 7.30. The molecule has 7 rings (SSSR count). The zero-order valence-electron chi connectivity index (χ0n) is 25.1. The fraction of sp³-hybridized carbons (Fsp3) is 0.139. The number of carbonyl (C=O) groups excluding carboxylic acids is 2. The number of carbonyl (C=O) groups is 2. The van der Waals surface area contributed by atoms with Gasteiger partial charge in [0.15, 0.2) is 0 Å². The maximum Gasteiger partial charge on any atom is 0.258 e. The van der Waals surface area contributed by atoms with Crippen LogP contribution in [-0.2, 0) is 13.5 Å². The Balaban J connectivity index is 0.00000175. The normalized spacial score (nSPS) is 12.1. The van der Waals surface area contributed by atoms with Gasteiger partial charge in [-0.25, -0.2) is 4.98 Å². The molecule has 0 saturated carbocycles. The molecule has 2 heterocycles. The lowest BCUT2D eigenvalue weighted by Crippen LogP contribution is -2.28. The number of aromatic nitrogens is 2. The van der Waals surface area contributed by atoms with E-state index in [1.807, 2.05) is 79.2 Å². The molecule has 9 heteroatoms. The Kier molecular flexibility index (Phi) is 7.91. The highest BCUT2D eigenvalue weighted by Crippen LogP contribution is 2.41. The molecule has 0 unspecified atom stereocenters. The monoisotopic (exact) mass is 617 g/mol. The van der Waals surface area contributed by atoms with Gasteiger partial charge in [0, 0.05) is 59.5 Å². The van der Waals surface area contributed by atoms with Crippen molar-refractivity contribution >= 4 is 62.3 Å². The summed E-state index contributed by atoms with van der Waals surface area (Å²) in [6.45, 7) is 2.58. The quantitative estimate of drug-likeness (QED) is 0.142. The second kappa shape index (κ2) is 12.0. The molecular formula is C36H32ClN5O3. The van der Waals surface area contributed by atoms with Gasteiger partial charge in [0.2, 0.25) is 0 Å². The molecule has 8 nitrogen and oxygen atoms in total. The SMILES string of the molecule is CCl.Cc1cccc2c(O)cc3c(c12)CCN3C(=O)c1ccc2c(c1)nc(-c1ccc(NC(=O)c3ccc(N)cc3)cc1)n2C. The minimum Gasteiger partial charge on any atom is -0.507 e. The summed E-state index contributed by atoms with van der Waals surface area (Å²) < 4.78 is 1.99. The van der Waals surface area contributed by atoms with Crippen LogP contribution in [0.3, 0.4) is 0 Å². The Bertz CT molecular complexity index is 2090. The number of nitrogen functional groups attached to an aromatic ring is 1. The van der Waals surface area contributed by atoms with Gasteiger partial charge in [0.25, 0.3) is 11.8 Å². The zero-order valence-corrected chi connectivity index (χ0v) is 25.9. The van der Waals surface area contributed by atoms with Crippen LogP contribution in [0.4, 0.5) is 17.1 Å². The van der Waals surface area contributed by atoms with Gasteiger partial charge < -0.3 is 25.6 Å². The summed E-state index contributed by atoms with van der Waals surface area (Å²) >= 11 is 4.64. The van der Waals surface area contributed by atoms with Crippen LogP contribution in [0, 0.1) is 6.92 Å². The van der Waals surface area contributed by atoms with E-state index in [1.54, 1.807) is 35.2 Å². The van der Waals surface area contributed by atoms with E-state index in [9.17, 15) is 14.7 Å². The van der Waals surface area contributed by atoms with Crippen LogP contribution < -0.4 is 16.0 Å². The number of nitrogens with zero attached hydrogens (tertiary/aromatic N) is 3. The first kappa shape index (κ1) is 29.7. The number of hydrogen-bond acceptors (Lipinski definition) is 5. The average molecular weight is 618 g/mol. The first-order chi connectivity index (χ1) is 21.8. The van der Waals surface area contributed by atoms with Crippen molar-refractivity contribution in [2.45, 2.75) is 13.3 Å². The molecular weight excluding hydrogens is 586 g/mol. The van der Waals surface area contributed by atoms with Crippen LogP contribution in [0.1, 0.15) is 31.8 Å². The highest BCUT2D eigenvalue weighted by Gasteiger charge is 2.29. The van der Waals surface area contributed by atoms with Crippen LogP contribution in [0.2, 0.25) is 0 Å². The van der Waals surface area contributed by atoms with E-state index in [2.05, 4.69) is 16.9 Å². The lowest BCUT2D eigenvalue weighted by atomic mass is 9.97. The van der Waals surface area contributed by atoms with Crippen LogP contribution >= 0.6 is 11.6 Å². The summed E-state index contributed by atoms with van der Waals surface area (Å²) in [5.41, 5.74) is 13.5. The maximum absolute atomic E-state index is 13.8. The second-order valence-electron chi connectivity index (χ2n) is 10.9. The van der Waals surface area contributed by atoms with Crippen LogP contribution in [0.15, 0.2) is 91.0 Å². The number of imidazole rings is 1. The van der Waals surface area contributed by atoms with Gasteiger partial charge in [0.05, 0.1) is 16.7 Å². The molecule has 0 aliphatic carbocycles. The molecule has 0 bridgehead atoms. The summed E-state index contributed by atoms with van der Waals surface area (Å²) in [5.74, 6) is 0.584. The third-order valence-electron chi connectivity index (χ3n) is 8.26. The van der Waals surface area contributed by atoms with E-state index in [0.29, 0.717) is 34.6 Å². The Morgan fingerprint density at radius 1 is 0.933 bits per heavy atom. The smallest absolute Gasteiger partial charge is 0.258 e. The van der Waals surface area contributed by atoms with Gasteiger partial charge in [-0.1, -0.05) is 18.2 Å². The number of nitrogens with two attached hydrogens (primary N) is 1. The summed E-state index contributed by atoms with van der Waals surface area (Å²) in [5, 5.41) is 15.5. The predicted molar refractivity (Wildman–Crippen MR) is 182 cm³/mol. The van der Waals surface area contributed by atoms with Crippen molar-refractivity contribution < 1.29 is 14.7 Å². The summed E-state index contributed by atoms with van der Waals surface area (Å²) in [4.78, 5) is 33.0. The van der Waals surface area contributed by atoms with Crippen molar-refractivity contribution in [1.29, 1.82) is 0 Å². The number of phenolic OH excluding ortho intramolecular Hbond substituents is 1. The number of anilines is 3. The van der Waals surface area contributed by atoms with Crippen LogP contribution in [0.5, 0.6) is 5.75 Å². The molecule has 2 amide bonds. The Labute approximate surface area is 265 Å². The van der Waals surface area contributed by atoms with E-state index < -0.39 is 0 Å². The zero-order chi connectivity index (χ0) is 31.8. The molecule has 0 fully saturated rings. The first-order valence-corrected chi connectivity index (χ1v) is 15.2. The topological polar surface area (TPSA) is 113 Å². The number of hydrogen-bond donors (Lipinski definition) is 3. The van der Waals surface area contributed by atoms with E-state index in [1.165, 1.54) is 6.38 Å². The van der Waals surface area contributed by atoms with Crippen LogP contribution in [0.25, 0.3) is 33.2 Å². The number of amides is 2. The second-order valence-corrected chi connectivity index (χ2v) is 10.9. The number of nitrogens with one attached hydrogen (secondary N) is 1. The van der Waals surface area contributed by atoms with E-state index in [4.69, 9.17) is 10.7 Å². The van der Waals surface area contributed by atoms with Crippen LogP contribution in [-0.4, -0.2) is 39.4 Å². The van der Waals surface area contributed by atoms with E-state index in [0.717, 1.165) is 50.9 Å². The number of aryl methyl sites for hydroxylation is 2. The molecule has 0 spiro atoms. The molecule has 0 atom stereocenters. The molecule has 0 saturated heterocycles. The van der Waals surface area contributed by atoms with Gasteiger partial charge in [-0.05, 0) is 96.6 Å². The number of phenols is 1. The van der Waals surface area contributed by atoms with Gasteiger partial charge in [-0.3, -0.25) is 9.59 Å². The highest BCUT2D eigenvalue weighted by atomic mass is 35.5. The van der Waals surface area contributed by atoms with Gasteiger partial charge in [-0.15, -0.1) is 11.6 Å². The number of aromatic hydroxyl groups is 1. The van der Waals surface area contributed by atoms with E-state index in [-0.39, 0.29) is 17.6 Å². The van der Waals surface area contributed by atoms with Crippen molar-refractivity contribution in [2.24, 2.45) is 7.05 Å². The first-order valence-electron chi connectivity index (χ1n) is 14.5. The molecule has 6 aromatic rings. The average Bonchev–Trinajstić information content (AvgIpc) is 3.63. The Morgan fingerprint density at radius 3 is 2.38 bits per heavy atom. The summed E-state index contributed by atoms with van der Waals surface area (Å²) in [7, 11) is 1.94. The summed E-state index contributed by atoms with van der Waals surface area (Å²) in [6, 6.07) is 27.4. The number of fused-ring (bicyclic) bond motifs is 4. The van der Waals surface area contributed by atoms with Gasteiger partial charge in [0.1, 0.15) is 11.6 Å². The number of rotatable bonds is 4. The third-order valence-corrected chi connectivity index (χ3v) is 8.26. The molecule has 4 N–H and O–H groups in total. The van der Waals surface area contributed by atoms with Crippen molar-refractivity contribution in [3.8, 4) is 17.1 Å². The molecule has 1 aliphatic heterocycles. The van der Waals surface area contributed by atoms with Crippen molar-refractivity contribution in [3.63, 3.8) is 0 Å². The summed E-state index contributed by atoms with van der Waals surface area (Å²) in [6.07, 6.45) is 2.20. The van der Waals surface area contributed by atoms with Crippen molar-refractivity contribution in [3.05, 3.63) is 113 Å². The fourth-order valence-electron chi connectivity index (χ4n) is 6.04. The maximum atomic E-state index is 13.8.